The highest BCUT2D eigenvalue weighted by Gasteiger charge is 2.27. The highest BCUT2D eigenvalue weighted by molar-refractivity contribution is 5.87. The van der Waals surface area contributed by atoms with Crippen LogP contribution in [0.5, 0.6) is 0 Å². The molecule has 1 N–H and O–H groups in total. The Labute approximate surface area is 99.1 Å². The highest BCUT2D eigenvalue weighted by atomic mass is 16.5. The molecule has 0 aromatic carbocycles. The molecular formula is C10H16N4O3. The molecule has 0 unspecified atom stereocenters. The van der Waals surface area contributed by atoms with Crippen LogP contribution >= 0.6 is 0 Å². The number of ether oxygens (including phenoxy) is 1. The third kappa shape index (κ3) is 2.94. The van der Waals surface area contributed by atoms with Crippen LogP contribution in [-0.2, 0) is 4.74 Å². The van der Waals surface area contributed by atoms with Gasteiger partial charge in [-0.2, -0.15) is 4.98 Å². The smallest absolute Gasteiger partial charge is 0.329 e. The van der Waals surface area contributed by atoms with E-state index in [0.29, 0.717) is 25.5 Å². The average molecular weight is 240 g/mol. The summed E-state index contributed by atoms with van der Waals surface area (Å²) in [7, 11) is 0. The minimum absolute atomic E-state index is 0.132. The summed E-state index contributed by atoms with van der Waals surface area (Å²) in [6.45, 7) is 5.60. The van der Waals surface area contributed by atoms with Gasteiger partial charge in [-0.25, -0.2) is 4.79 Å². The van der Waals surface area contributed by atoms with Crippen molar-refractivity contribution in [2.75, 3.05) is 25.0 Å². The Bertz CT molecular complexity index is 393. The topological polar surface area (TPSA) is 80.5 Å². The van der Waals surface area contributed by atoms with Crippen LogP contribution in [0, 0.1) is 6.92 Å². The van der Waals surface area contributed by atoms with Crippen molar-refractivity contribution in [3.05, 3.63) is 5.82 Å². The molecule has 2 rings (SSSR count). The van der Waals surface area contributed by atoms with Gasteiger partial charge in [0.05, 0.1) is 6.10 Å². The Balaban J connectivity index is 1.85. The van der Waals surface area contributed by atoms with Gasteiger partial charge in [0.2, 0.25) is 0 Å². The Morgan fingerprint density at radius 1 is 1.71 bits per heavy atom. The summed E-state index contributed by atoms with van der Waals surface area (Å²) in [5, 5.41) is 6.16. The minimum atomic E-state index is -0.226. The number of rotatable bonds is 3. The van der Waals surface area contributed by atoms with E-state index in [4.69, 9.17) is 9.26 Å². The zero-order chi connectivity index (χ0) is 12.3. The third-order valence-electron chi connectivity index (χ3n) is 2.58. The molecule has 1 aromatic rings. The van der Waals surface area contributed by atoms with E-state index in [1.54, 1.807) is 11.8 Å². The van der Waals surface area contributed by atoms with Gasteiger partial charge in [-0.05, 0) is 20.3 Å². The first-order valence-corrected chi connectivity index (χ1v) is 5.67. The Kier molecular flexibility index (Phi) is 3.58. The number of nitrogens with zero attached hydrogens (tertiary/aromatic N) is 3. The fourth-order valence-corrected chi connectivity index (χ4v) is 1.80. The van der Waals surface area contributed by atoms with Gasteiger partial charge >= 0.3 is 12.0 Å². The van der Waals surface area contributed by atoms with Crippen molar-refractivity contribution in [3.8, 4) is 0 Å². The number of urea groups is 1. The van der Waals surface area contributed by atoms with Gasteiger partial charge in [-0.1, -0.05) is 5.16 Å². The number of carbonyl (C=O) groups excluding carboxylic acids is 1. The van der Waals surface area contributed by atoms with Crippen molar-refractivity contribution in [1.82, 2.24) is 15.0 Å². The molecular weight excluding hydrogens is 224 g/mol. The average Bonchev–Trinajstić information content (AvgIpc) is 2.88. The van der Waals surface area contributed by atoms with Gasteiger partial charge in [0, 0.05) is 19.7 Å². The van der Waals surface area contributed by atoms with Crippen molar-refractivity contribution in [3.63, 3.8) is 0 Å². The lowest BCUT2D eigenvalue weighted by molar-refractivity contribution is 0.0715. The molecule has 1 aliphatic rings. The maximum absolute atomic E-state index is 11.8. The van der Waals surface area contributed by atoms with E-state index in [-0.39, 0.29) is 18.1 Å². The summed E-state index contributed by atoms with van der Waals surface area (Å²) in [5.41, 5.74) is 0. The SMILES string of the molecule is CCO[C@H]1CCN(C(=O)Nc2nc(C)no2)C1. The maximum atomic E-state index is 11.8. The molecule has 94 valence electrons. The highest BCUT2D eigenvalue weighted by Crippen LogP contribution is 2.14. The maximum Gasteiger partial charge on any atom is 0.329 e. The van der Waals surface area contributed by atoms with E-state index in [2.05, 4.69) is 15.5 Å². The van der Waals surface area contributed by atoms with Crippen LogP contribution < -0.4 is 5.32 Å². The van der Waals surface area contributed by atoms with Crippen LogP contribution in [0.4, 0.5) is 10.8 Å². The largest absolute Gasteiger partial charge is 0.377 e. The molecule has 0 aliphatic carbocycles. The van der Waals surface area contributed by atoms with Crippen LogP contribution in [0.25, 0.3) is 0 Å². The number of hydrogen-bond acceptors (Lipinski definition) is 5. The first-order chi connectivity index (χ1) is 8.19. The zero-order valence-electron chi connectivity index (χ0n) is 9.97. The minimum Gasteiger partial charge on any atom is -0.377 e. The van der Waals surface area contributed by atoms with Crippen molar-refractivity contribution in [1.29, 1.82) is 0 Å². The van der Waals surface area contributed by atoms with Crippen LogP contribution in [0.2, 0.25) is 0 Å². The second-order valence-corrected chi connectivity index (χ2v) is 3.89. The second-order valence-electron chi connectivity index (χ2n) is 3.89. The van der Waals surface area contributed by atoms with Crippen molar-refractivity contribution < 1.29 is 14.1 Å². The van der Waals surface area contributed by atoms with Gasteiger partial charge in [-0.15, -0.1) is 0 Å². The number of carbonyl (C=O) groups is 1. The molecule has 1 atom stereocenters. The number of aryl methyl sites for hydroxylation is 1. The Morgan fingerprint density at radius 2 is 2.53 bits per heavy atom. The number of aromatic nitrogens is 2. The first kappa shape index (κ1) is 11.8. The van der Waals surface area contributed by atoms with Gasteiger partial charge in [0.25, 0.3) is 0 Å². The number of hydrogen-bond donors (Lipinski definition) is 1. The molecule has 1 aliphatic heterocycles. The van der Waals surface area contributed by atoms with E-state index in [0.717, 1.165) is 6.42 Å². The number of nitrogens with one attached hydrogen (secondary N) is 1. The summed E-state index contributed by atoms with van der Waals surface area (Å²) >= 11 is 0. The molecule has 0 bridgehead atoms. The molecule has 1 saturated heterocycles. The number of anilines is 1. The van der Waals surface area contributed by atoms with Gasteiger partial charge < -0.3 is 14.2 Å². The van der Waals surface area contributed by atoms with Gasteiger partial charge in [0.15, 0.2) is 5.82 Å². The predicted octanol–water partition coefficient (Wildman–Crippen LogP) is 1.02. The van der Waals surface area contributed by atoms with E-state index >= 15 is 0 Å². The zero-order valence-corrected chi connectivity index (χ0v) is 9.97. The molecule has 17 heavy (non-hydrogen) atoms. The third-order valence-corrected chi connectivity index (χ3v) is 2.58. The normalized spacial score (nSPS) is 19.6. The lowest BCUT2D eigenvalue weighted by Gasteiger charge is -2.15. The fourth-order valence-electron chi connectivity index (χ4n) is 1.80. The molecule has 0 spiro atoms. The molecule has 2 heterocycles. The van der Waals surface area contributed by atoms with E-state index in [1.165, 1.54) is 0 Å². The van der Waals surface area contributed by atoms with Crippen LogP contribution in [0.1, 0.15) is 19.2 Å². The summed E-state index contributed by atoms with van der Waals surface area (Å²) in [5.74, 6) is 0.494. The van der Waals surface area contributed by atoms with Gasteiger partial charge in [-0.3, -0.25) is 5.32 Å². The first-order valence-electron chi connectivity index (χ1n) is 5.67. The Hall–Kier alpha value is -1.63. The van der Waals surface area contributed by atoms with Crippen LogP contribution in [0.3, 0.4) is 0 Å². The van der Waals surface area contributed by atoms with Crippen molar-refractivity contribution in [2.45, 2.75) is 26.4 Å². The number of likely N-dealkylation sites (tertiary alicyclic amines) is 1. The standard InChI is InChI=1S/C10H16N4O3/c1-3-16-8-4-5-14(6-8)10(15)12-9-11-7(2)13-17-9/h8H,3-6H2,1-2H3,(H,11,12,13,15)/t8-/m0/s1. The van der Waals surface area contributed by atoms with E-state index in [1.807, 2.05) is 6.92 Å². The molecule has 2 amide bonds. The van der Waals surface area contributed by atoms with E-state index in [9.17, 15) is 4.79 Å². The summed E-state index contributed by atoms with van der Waals surface area (Å²) in [6.07, 6.45) is 1.000. The molecule has 7 nitrogen and oxygen atoms in total. The number of amides is 2. The fraction of sp³-hybridized carbons (Fsp3) is 0.700. The van der Waals surface area contributed by atoms with Crippen molar-refractivity contribution >= 4 is 12.0 Å². The second kappa shape index (κ2) is 5.13. The molecule has 7 heteroatoms. The van der Waals surface area contributed by atoms with Crippen LogP contribution in [0.15, 0.2) is 4.52 Å². The van der Waals surface area contributed by atoms with E-state index < -0.39 is 0 Å². The Morgan fingerprint density at radius 3 is 3.18 bits per heavy atom. The van der Waals surface area contributed by atoms with Gasteiger partial charge in [0.1, 0.15) is 0 Å². The molecule has 1 aromatic heterocycles. The lowest BCUT2D eigenvalue weighted by Crippen LogP contribution is -2.34. The summed E-state index contributed by atoms with van der Waals surface area (Å²) in [4.78, 5) is 17.4. The summed E-state index contributed by atoms with van der Waals surface area (Å²) in [6, 6.07) is -0.0942. The van der Waals surface area contributed by atoms with Crippen LogP contribution in [-0.4, -0.2) is 46.9 Å². The lowest BCUT2D eigenvalue weighted by atomic mass is 10.3. The molecule has 0 saturated carbocycles. The molecule has 1 fully saturated rings. The van der Waals surface area contributed by atoms with Crippen molar-refractivity contribution in [2.24, 2.45) is 0 Å². The quantitative estimate of drug-likeness (QED) is 0.853. The predicted molar refractivity (Wildman–Crippen MR) is 59.7 cm³/mol. The monoisotopic (exact) mass is 240 g/mol. The molecule has 0 radical (unpaired) electrons. The summed E-state index contributed by atoms with van der Waals surface area (Å²) < 4.78 is 10.3.